The molecule has 1 aromatic rings. The van der Waals surface area contributed by atoms with Gasteiger partial charge >= 0.3 is 12.1 Å². The van der Waals surface area contributed by atoms with Gasteiger partial charge in [0.05, 0.1) is 12.8 Å². The molecule has 7 nitrogen and oxygen atoms in total. The monoisotopic (exact) mass is 353 g/mol. The second kappa shape index (κ2) is 7.25. The summed E-state index contributed by atoms with van der Waals surface area (Å²) in [5.74, 6) is -1.42. The van der Waals surface area contributed by atoms with Crippen LogP contribution in [0.25, 0.3) is 0 Å². The first kappa shape index (κ1) is 19.0. The molecule has 1 fully saturated rings. The molecule has 2 rings (SSSR count). The second-order valence-electron chi connectivity index (χ2n) is 6.97. The molecule has 1 saturated heterocycles. The van der Waals surface area contributed by atoms with E-state index in [1.165, 1.54) is 19.2 Å². The predicted molar refractivity (Wildman–Crippen MR) is 90.1 cm³/mol. The van der Waals surface area contributed by atoms with Gasteiger partial charge in [-0.2, -0.15) is 4.39 Å². The highest BCUT2D eigenvalue weighted by Crippen LogP contribution is 2.23. The summed E-state index contributed by atoms with van der Waals surface area (Å²) in [5, 5.41) is 0. The Kier molecular flexibility index (Phi) is 5.49. The molecular weight excluding hydrogens is 329 g/mol. The Bertz CT molecular complexity index is 660. The number of methoxy groups -OCH3 is 1. The Morgan fingerprint density at radius 3 is 2.48 bits per heavy atom. The van der Waals surface area contributed by atoms with E-state index in [-0.39, 0.29) is 17.8 Å². The van der Waals surface area contributed by atoms with Crippen LogP contribution in [0.5, 0.6) is 0 Å². The number of pyridine rings is 1. The first-order valence-electron chi connectivity index (χ1n) is 8.12. The van der Waals surface area contributed by atoms with E-state index >= 15 is 0 Å². The lowest BCUT2D eigenvalue weighted by Gasteiger charge is -2.41. The molecule has 2 heterocycles. The number of nitrogens with zero attached hydrogens (tertiary/aromatic N) is 3. The Labute approximate surface area is 146 Å². The molecule has 0 bridgehead atoms. The molecule has 8 heteroatoms. The molecule has 0 radical (unpaired) electrons. The molecule has 0 spiro atoms. The van der Waals surface area contributed by atoms with Crippen LogP contribution in [0, 0.1) is 5.95 Å². The van der Waals surface area contributed by atoms with Crippen LogP contribution in [-0.4, -0.2) is 60.3 Å². The number of amides is 1. The molecule has 0 saturated carbocycles. The van der Waals surface area contributed by atoms with Crippen molar-refractivity contribution >= 4 is 17.7 Å². The third-order valence-electron chi connectivity index (χ3n) is 3.82. The Morgan fingerprint density at radius 1 is 1.28 bits per heavy atom. The highest BCUT2D eigenvalue weighted by molar-refractivity contribution is 5.87. The lowest BCUT2D eigenvalue weighted by atomic mass is 10.1. The lowest BCUT2D eigenvalue weighted by Crippen LogP contribution is -2.55. The van der Waals surface area contributed by atoms with E-state index < -0.39 is 17.5 Å². The molecule has 1 aromatic heterocycles. The zero-order valence-corrected chi connectivity index (χ0v) is 15.2. The number of piperazine rings is 1. The minimum absolute atomic E-state index is 0.0795. The van der Waals surface area contributed by atoms with Gasteiger partial charge in [-0.15, -0.1) is 0 Å². The van der Waals surface area contributed by atoms with Crippen LogP contribution in [0.2, 0.25) is 0 Å². The van der Waals surface area contributed by atoms with Gasteiger partial charge in [0.1, 0.15) is 5.60 Å². The van der Waals surface area contributed by atoms with Gasteiger partial charge in [0.15, 0.2) is 5.69 Å². The van der Waals surface area contributed by atoms with E-state index in [0.717, 1.165) is 0 Å². The number of carbonyl (C=O) groups excluding carboxylic acids is 2. The van der Waals surface area contributed by atoms with Crippen LogP contribution >= 0.6 is 0 Å². The van der Waals surface area contributed by atoms with Crippen molar-refractivity contribution in [3.8, 4) is 0 Å². The van der Waals surface area contributed by atoms with Crippen molar-refractivity contribution in [2.45, 2.75) is 39.3 Å². The van der Waals surface area contributed by atoms with Crippen LogP contribution in [0.3, 0.4) is 0 Å². The number of ether oxygens (including phenoxy) is 2. The Morgan fingerprint density at radius 2 is 1.96 bits per heavy atom. The Hall–Kier alpha value is -2.38. The standard InChI is InChI=1S/C17H24FN3O4/c1-11-10-20(8-9-21(11)16(23)25-17(2,3)4)13-7-6-12(15(22)24-5)19-14(13)18/h6-7,11H,8-10H2,1-5H3/t11-/m1/s1. The summed E-state index contributed by atoms with van der Waals surface area (Å²) in [5.41, 5.74) is -0.347. The fourth-order valence-electron chi connectivity index (χ4n) is 2.65. The minimum atomic E-state index is -0.735. The molecule has 1 aliphatic heterocycles. The molecule has 1 amide bonds. The van der Waals surface area contributed by atoms with Gasteiger partial charge in [-0.05, 0) is 39.8 Å². The SMILES string of the molecule is COC(=O)c1ccc(N2CCN(C(=O)OC(C)(C)C)[C@H](C)C2)c(F)n1. The van der Waals surface area contributed by atoms with Gasteiger partial charge < -0.3 is 19.3 Å². The summed E-state index contributed by atoms with van der Waals surface area (Å²) in [4.78, 5) is 30.7. The zero-order chi connectivity index (χ0) is 18.8. The van der Waals surface area contributed by atoms with E-state index in [9.17, 15) is 14.0 Å². The molecule has 0 N–H and O–H groups in total. The van der Waals surface area contributed by atoms with Gasteiger partial charge in [-0.3, -0.25) is 0 Å². The number of hydrogen-bond acceptors (Lipinski definition) is 6. The topological polar surface area (TPSA) is 72.0 Å². The second-order valence-corrected chi connectivity index (χ2v) is 6.97. The zero-order valence-electron chi connectivity index (χ0n) is 15.2. The maximum Gasteiger partial charge on any atom is 0.410 e. The maximum atomic E-state index is 14.3. The summed E-state index contributed by atoms with van der Waals surface area (Å²) < 4.78 is 24.2. The fourth-order valence-corrected chi connectivity index (χ4v) is 2.65. The largest absolute Gasteiger partial charge is 0.464 e. The predicted octanol–water partition coefficient (Wildman–Crippen LogP) is 2.45. The highest BCUT2D eigenvalue weighted by Gasteiger charge is 2.32. The molecule has 0 aliphatic carbocycles. The molecular formula is C17H24FN3O4. The normalized spacial score (nSPS) is 18.1. The maximum absolute atomic E-state index is 14.3. The van der Waals surface area contributed by atoms with Crippen molar-refractivity contribution in [2.24, 2.45) is 0 Å². The average Bonchev–Trinajstić information content (AvgIpc) is 2.52. The first-order chi connectivity index (χ1) is 11.6. The lowest BCUT2D eigenvalue weighted by molar-refractivity contribution is 0.0158. The van der Waals surface area contributed by atoms with E-state index in [1.807, 2.05) is 27.7 Å². The van der Waals surface area contributed by atoms with E-state index in [2.05, 4.69) is 9.72 Å². The number of halogens is 1. The molecule has 138 valence electrons. The molecule has 1 atom stereocenters. The summed E-state index contributed by atoms with van der Waals surface area (Å²) in [6.45, 7) is 8.62. The fraction of sp³-hybridized carbons (Fsp3) is 0.588. The van der Waals surface area contributed by atoms with Crippen molar-refractivity contribution in [3.05, 3.63) is 23.8 Å². The number of anilines is 1. The van der Waals surface area contributed by atoms with Crippen molar-refractivity contribution < 1.29 is 23.5 Å². The van der Waals surface area contributed by atoms with Crippen LogP contribution in [-0.2, 0) is 9.47 Å². The molecule has 25 heavy (non-hydrogen) atoms. The van der Waals surface area contributed by atoms with E-state index in [1.54, 1.807) is 9.80 Å². The average molecular weight is 353 g/mol. The molecule has 0 unspecified atom stereocenters. The van der Waals surface area contributed by atoms with Crippen LogP contribution in [0.15, 0.2) is 12.1 Å². The van der Waals surface area contributed by atoms with Crippen molar-refractivity contribution in [1.29, 1.82) is 0 Å². The summed E-state index contributed by atoms with van der Waals surface area (Å²) in [6, 6.07) is 2.78. The quantitative estimate of drug-likeness (QED) is 0.601. The summed E-state index contributed by atoms with van der Waals surface area (Å²) >= 11 is 0. The highest BCUT2D eigenvalue weighted by atomic mass is 19.1. The van der Waals surface area contributed by atoms with Crippen molar-refractivity contribution in [1.82, 2.24) is 9.88 Å². The van der Waals surface area contributed by atoms with Crippen molar-refractivity contribution in [2.75, 3.05) is 31.6 Å². The van der Waals surface area contributed by atoms with Gasteiger partial charge in [-0.25, -0.2) is 14.6 Å². The first-order valence-corrected chi connectivity index (χ1v) is 8.12. The third kappa shape index (κ3) is 4.58. The number of hydrogen-bond donors (Lipinski definition) is 0. The minimum Gasteiger partial charge on any atom is -0.464 e. The van der Waals surface area contributed by atoms with E-state index in [0.29, 0.717) is 25.3 Å². The van der Waals surface area contributed by atoms with E-state index in [4.69, 9.17) is 4.74 Å². The van der Waals surface area contributed by atoms with Crippen LogP contribution in [0.4, 0.5) is 14.9 Å². The number of carbonyl (C=O) groups is 2. The van der Waals surface area contributed by atoms with Crippen LogP contribution in [0.1, 0.15) is 38.2 Å². The third-order valence-corrected chi connectivity index (χ3v) is 3.82. The molecule has 0 aromatic carbocycles. The van der Waals surface area contributed by atoms with Gasteiger partial charge in [0.2, 0.25) is 5.95 Å². The Balaban J connectivity index is 2.08. The number of esters is 1. The summed E-state index contributed by atoms with van der Waals surface area (Å²) in [6.07, 6.45) is -0.376. The summed E-state index contributed by atoms with van der Waals surface area (Å²) in [7, 11) is 1.22. The number of aromatic nitrogens is 1. The molecule has 1 aliphatic rings. The van der Waals surface area contributed by atoms with Crippen LogP contribution < -0.4 is 4.90 Å². The van der Waals surface area contributed by atoms with Gasteiger partial charge in [-0.1, -0.05) is 0 Å². The van der Waals surface area contributed by atoms with Gasteiger partial charge in [0, 0.05) is 25.7 Å². The smallest absolute Gasteiger partial charge is 0.410 e. The van der Waals surface area contributed by atoms with Gasteiger partial charge in [0.25, 0.3) is 0 Å². The van der Waals surface area contributed by atoms with Crippen molar-refractivity contribution in [3.63, 3.8) is 0 Å². The number of rotatable bonds is 2.